The van der Waals surface area contributed by atoms with Gasteiger partial charge in [-0.2, -0.15) is 0 Å². The zero-order valence-corrected chi connectivity index (χ0v) is 18.2. The highest BCUT2D eigenvalue weighted by molar-refractivity contribution is 5.36. The summed E-state index contributed by atoms with van der Waals surface area (Å²) in [6.07, 6.45) is 11.7. The van der Waals surface area contributed by atoms with Crippen molar-refractivity contribution >= 4 is 0 Å². The predicted molar refractivity (Wildman–Crippen MR) is 121 cm³/mol. The Morgan fingerprint density at radius 2 is 1.65 bits per heavy atom. The second kappa shape index (κ2) is 11.9. The third kappa shape index (κ3) is 6.84. The molecule has 0 aromatic heterocycles. The number of unbranched alkanes of at least 4 members (excludes halogenated alkanes) is 5. The third-order valence-electron chi connectivity index (χ3n) is 5.53. The van der Waals surface area contributed by atoms with E-state index in [2.05, 4.69) is 6.92 Å². The van der Waals surface area contributed by atoms with Crippen LogP contribution in [-0.2, 0) is 16.1 Å². The topological polar surface area (TPSA) is 18.5 Å². The Labute approximate surface area is 184 Å². The standard InChI is InChI=1S/C27H32F2O2/c1-2-3-4-5-6-10-18-30-27(31-21-22-12-8-7-9-13-22)17-16-24(20-26(27)29)23-14-11-15-25(28)19-23/h7-9,11-17,19-20,24H,2-6,10,18,21H2,1H3. The number of allylic oxidation sites excluding steroid dienone is 2. The van der Waals surface area contributed by atoms with Crippen LogP contribution >= 0.6 is 0 Å². The molecule has 2 aromatic carbocycles. The molecule has 0 N–H and O–H groups in total. The van der Waals surface area contributed by atoms with E-state index in [9.17, 15) is 4.39 Å². The summed E-state index contributed by atoms with van der Waals surface area (Å²) in [4.78, 5) is 0. The Morgan fingerprint density at radius 3 is 2.39 bits per heavy atom. The first-order valence-electron chi connectivity index (χ1n) is 11.3. The molecule has 2 atom stereocenters. The minimum atomic E-state index is -1.54. The molecule has 3 rings (SSSR count). The van der Waals surface area contributed by atoms with Gasteiger partial charge < -0.3 is 9.47 Å². The highest BCUT2D eigenvalue weighted by Gasteiger charge is 2.38. The van der Waals surface area contributed by atoms with Crippen LogP contribution in [0.25, 0.3) is 0 Å². The number of halogens is 2. The van der Waals surface area contributed by atoms with Gasteiger partial charge in [0.05, 0.1) is 13.2 Å². The highest BCUT2D eigenvalue weighted by atomic mass is 19.1. The van der Waals surface area contributed by atoms with Crippen molar-refractivity contribution in [1.82, 2.24) is 0 Å². The first-order chi connectivity index (χ1) is 15.1. The van der Waals surface area contributed by atoms with Crippen LogP contribution in [0.5, 0.6) is 0 Å². The molecule has 0 saturated carbocycles. The lowest BCUT2D eigenvalue weighted by atomic mass is 9.92. The van der Waals surface area contributed by atoms with E-state index in [-0.39, 0.29) is 18.3 Å². The average Bonchev–Trinajstić information content (AvgIpc) is 2.79. The van der Waals surface area contributed by atoms with Gasteiger partial charge in [0.15, 0.2) is 5.83 Å². The predicted octanol–water partition coefficient (Wildman–Crippen LogP) is 7.62. The lowest BCUT2D eigenvalue weighted by molar-refractivity contribution is -0.198. The first kappa shape index (κ1) is 23.4. The van der Waals surface area contributed by atoms with Crippen LogP contribution in [0.3, 0.4) is 0 Å². The van der Waals surface area contributed by atoms with Crippen molar-refractivity contribution in [2.24, 2.45) is 0 Å². The molecule has 0 saturated heterocycles. The Morgan fingerprint density at radius 1 is 0.871 bits per heavy atom. The maximum atomic E-state index is 15.4. The summed E-state index contributed by atoms with van der Waals surface area (Å²) in [5.74, 6) is -2.73. The zero-order valence-electron chi connectivity index (χ0n) is 18.2. The van der Waals surface area contributed by atoms with E-state index >= 15 is 4.39 Å². The van der Waals surface area contributed by atoms with Crippen molar-refractivity contribution < 1.29 is 18.3 Å². The first-order valence-corrected chi connectivity index (χ1v) is 11.3. The molecule has 4 heteroatoms. The molecule has 0 spiro atoms. The number of benzene rings is 2. The summed E-state index contributed by atoms with van der Waals surface area (Å²) in [6.45, 7) is 2.84. The van der Waals surface area contributed by atoms with Crippen molar-refractivity contribution in [3.63, 3.8) is 0 Å². The molecule has 2 nitrogen and oxygen atoms in total. The minimum Gasteiger partial charge on any atom is -0.341 e. The molecule has 166 valence electrons. The second-order valence-electron chi connectivity index (χ2n) is 8.01. The van der Waals surface area contributed by atoms with Crippen molar-refractivity contribution in [3.8, 4) is 0 Å². The summed E-state index contributed by atoms with van der Waals surface area (Å²) >= 11 is 0. The second-order valence-corrected chi connectivity index (χ2v) is 8.01. The quantitative estimate of drug-likeness (QED) is 0.197. The minimum absolute atomic E-state index is 0.230. The Kier molecular flexibility index (Phi) is 8.98. The van der Waals surface area contributed by atoms with Crippen LogP contribution in [0.15, 0.2) is 78.7 Å². The molecule has 0 heterocycles. The SMILES string of the molecule is CCCCCCCCOC1(OCc2ccccc2)C=CC(c2cccc(F)c2)C=C1F. The fraction of sp³-hybridized carbons (Fsp3) is 0.407. The van der Waals surface area contributed by atoms with Crippen LogP contribution in [0.2, 0.25) is 0 Å². The largest absolute Gasteiger partial charge is 0.341 e. The van der Waals surface area contributed by atoms with E-state index in [0.29, 0.717) is 12.2 Å². The van der Waals surface area contributed by atoms with Crippen LogP contribution in [0.1, 0.15) is 62.5 Å². The van der Waals surface area contributed by atoms with E-state index in [1.807, 2.05) is 36.4 Å². The number of ether oxygens (including phenoxy) is 2. The summed E-state index contributed by atoms with van der Waals surface area (Å²) in [5.41, 5.74) is 1.64. The van der Waals surface area contributed by atoms with Crippen LogP contribution in [-0.4, -0.2) is 12.4 Å². The maximum absolute atomic E-state index is 15.4. The van der Waals surface area contributed by atoms with Gasteiger partial charge in [-0.05, 0) is 41.8 Å². The van der Waals surface area contributed by atoms with E-state index in [4.69, 9.17) is 9.47 Å². The van der Waals surface area contributed by atoms with Crippen molar-refractivity contribution in [3.05, 3.63) is 95.6 Å². The Bertz CT molecular complexity index is 863. The summed E-state index contributed by atoms with van der Waals surface area (Å²) in [5, 5.41) is 0. The highest BCUT2D eigenvalue weighted by Crippen LogP contribution is 2.37. The molecule has 0 bridgehead atoms. The Balaban J connectivity index is 1.68. The molecule has 2 unspecified atom stereocenters. The lowest BCUT2D eigenvalue weighted by Crippen LogP contribution is -2.37. The number of hydrogen-bond acceptors (Lipinski definition) is 2. The van der Waals surface area contributed by atoms with Gasteiger partial charge in [-0.25, -0.2) is 8.78 Å². The van der Waals surface area contributed by atoms with Crippen LogP contribution < -0.4 is 0 Å². The van der Waals surface area contributed by atoms with Crippen molar-refractivity contribution in [2.75, 3.05) is 6.61 Å². The zero-order chi connectivity index (χ0) is 21.9. The van der Waals surface area contributed by atoms with E-state index in [1.54, 1.807) is 18.2 Å². The van der Waals surface area contributed by atoms with Gasteiger partial charge in [0.2, 0.25) is 5.79 Å². The van der Waals surface area contributed by atoms with Gasteiger partial charge in [0.25, 0.3) is 0 Å². The molecule has 2 aromatic rings. The molecule has 0 radical (unpaired) electrons. The van der Waals surface area contributed by atoms with Gasteiger partial charge in [-0.15, -0.1) is 0 Å². The van der Waals surface area contributed by atoms with Crippen molar-refractivity contribution in [1.29, 1.82) is 0 Å². The monoisotopic (exact) mass is 426 g/mol. The summed E-state index contributed by atoms with van der Waals surface area (Å²) in [6, 6.07) is 15.9. The molecule has 1 aliphatic carbocycles. The summed E-state index contributed by atoms with van der Waals surface area (Å²) < 4.78 is 41.0. The molecule has 1 aliphatic rings. The molecule has 0 amide bonds. The third-order valence-corrected chi connectivity index (χ3v) is 5.53. The van der Waals surface area contributed by atoms with Gasteiger partial charge in [0, 0.05) is 5.92 Å². The number of rotatable bonds is 12. The van der Waals surface area contributed by atoms with Gasteiger partial charge in [-0.1, -0.05) is 87.6 Å². The molecule has 0 aliphatic heterocycles. The maximum Gasteiger partial charge on any atom is 0.242 e. The molecular formula is C27H32F2O2. The fourth-order valence-corrected chi connectivity index (χ4v) is 3.71. The Hall–Kier alpha value is -2.30. The van der Waals surface area contributed by atoms with Crippen LogP contribution in [0.4, 0.5) is 8.78 Å². The van der Waals surface area contributed by atoms with E-state index in [1.165, 1.54) is 37.5 Å². The van der Waals surface area contributed by atoms with E-state index in [0.717, 1.165) is 24.8 Å². The average molecular weight is 427 g/mol. The van der Waals surface area contributed by atoms with Crippen molar-refractivity contribution in [2.45, 2.75) is 63.8 Å². The number of hydrogen-bond donors (Lipinski definition) is 0. The molecular weight excluding hydrogens is 394 g/mol. The molecule has 0 fully saturated rings. The van der Waals surface area contributed by atoms with E-state index < -0.39 is 11.6 Å². The summed E-state index contributed by atoms with van der Waals surface area (Å²) in [7, 11) is 0. The smallest absolute Gasteiger partial charge is 0.242 e. The van der Waals surface area contributed by atoms with Gasteiger partial charge >= 0.3 is 0 Å². The van der Waals surface area contributed by atoms with Crippen LogP contribution in [0, 0.1) is 5.82 Å². The fourth-order valence-electron chi connectivity index (χ4n) is 3.71. The normalized spacial score (nSPS) is 20.6. The van der Waals surface area contributed by atoms with Gasteiger partial charge in [0.1, 0.15) is 5.82 Å². The van der Waals surface area contributed by atoms with Gasteiger partial charge in [-0.3, -0.25) is 0 Å². The molecule has 31 heavy (non-hydrogen) atoms. The lowest BCUT2D eigenvalue weighted by Gasteiger charge is -2.33.